The summed E-state index contributed by atoms with van der Waals surface area (Å²) in [6.45, 7) is 1.85. The zero-order valence-electron chi connectivity index (χ0n) is 16.6. The van der Waals surface area contributed by atoms with Crippen LogP contribution in [0.25, 0.3) is 16.4 Å². The van der Waals surface area contributed by atoms with Gasteiger partial charge in [-0.25, -0.2) is 0 Å². The lowest BCUT2D eigenvalue weighted by Gasteiger charge is -2.09. The van der Waals surface area contributed by atoms with Crippen molar-refractivity contribution in [2.45, 2.75) is 18.0 Å². The fraction of sp³-hybridized carbons (Fsp3) is 0.130. The number of thioether (sulfide) groups is 1. The van der Waals surface area contributed by atoms with Gasteiger partial charge >= 0.3 is 0 Å². The molecule has 1 N–H and O–H groups in total. The predicted molar refractivity (Wildman–Crippen MR) is 123 cm³/mol. The molecule has 0 aliphatic carbocycles. The molecule has 0 unspecified atom stereocenters. The Hall–Kier alpha value is -3.23. The summed E-state index contributed by atoms with van der Waals surface area (Å²) >= 11 is 2.96. The number of carbonyl (C=O) groups excluding carboxylic acids is 2. The molecule has 5 rings (SSSR count). The van der Waals surface area contributed by atoms with Crippen molar-refractivity contribution in [2.75, 3.05) is 11.1 Å². The van der Waals surface area contributed by atoms with E-state index in [1.807, 2.05) is 65.4 Å². The summed E-state index contributed by atoms with van der Waals surface area (Å²) in [6.07, 6.45) is 0. The van der Waals surface area contributed by atoms with Gasteiger partial charge in [-0.2, -0.15) is 0 Å². The molecule has 0 saturated carbocycles. The number of para-hydroxylation sites is 1. The summed E-state index contributed by atoms with van der Waals surface area (Å²) in [6, 6.07) is 19.3. The van der Waals surface area contributed by atoms with E-state index in [9.17, 15) is 9.59 Å². The highest BCUT2D eigenvalue weighted by Crippen LogP contribution is 2.34. The minimum Gasteiger partial charge on any atom is -0.325 e. The normalized spacial score (nSPS) is 15.0. The van der Waals surface area contributed by atoms with E-state index >= 15 is 0 Å². The Kier molecular flexibility index (Phi) is 5.17. The number of hydrogen-bond donors (Lipinski definition) is 1. The van der Waals surface area contributed by atoms with Crippen LogP contribution in [-0.4, -0.2) is 32.2 Å². The Balaban J connectivity index is 1.41. The minimum absolute atomic E-state index is 0.0142. The quantitative estimate of drug-likeness (QED) is 0.332. The van der Waals surface area contributed by atoms with Gasteiger partial charge in [0.1, 0.15) is 0 Å². The number of hydrogen-bond acceptors (Lipinski definition) is 6. The smallest absolute Gasteiger partial charge is 0.231 e. The Morgan fingerprint density at radius 3 is 2.74 bits per heavy atom. The van der Waals surface area contributed by atoms with E-state index in [2.05, 4.69) is 15.5 Å². The van der Waals surface area contributed by atoms with Crippen molar-refractivity contribution < 1.29 is 9.59 Å². The number of Topliss-reactive ketones (excluding diaryl/α,β-unsaturated/α-hetero) is 1. The standard InChI is InChI=1S/C23H18N4O2S2/c1-14-17-12-15(9-10-18(17)24-22(14)29)19(28)13-31-23-26-25-21(20-8-5-11-30-20)27(23)16-6-3-2-4-7-16/h2-12,14H,13H2,1H3,(H,24,29)/t14-/m1/s1. The van der Waals surface area contributed by atoms with Crippen LogP contribution in [0.3, 0.4) is 0 Å². The van der Waals surface area contributed by atoms with Crippen molar-refractivity contribution in [3.8, 4) is 16.4 Å². The van der Waals surface area contributed by atoms with Gasteiger partial charge in [-0.1, -0.05) is 36.0 Å². The summed E-state index contributed by atoms with van der Waals surface area (Å²) < 4.78 is 1.98. The summed E-state index contributed by atoms with van der Waals surface area (Å²) in [5, 5.41) is 14.3. The van der Waals surface area contributed by atoms with E-state index in [1.165, 1.54) is 11.8 Å². The lowest BCUT2D eigenvalue weighted by atomic mass is 9.99. The topological polar surface area (TPSA) is 76.9 Å². The summed E-state index contributed by atoms with van der Waals surface area (Å²) in [5.41, 5.74) is 3.19. The number of carbonyl (C=O) groups is 2. The molecule has 4 aromatic rings. The van der Waals surface area contributed by atoms with Crippen LogP contribution >= 0.6 is 23.1 Å². The van der Waals surface area contributed by atoms with Gasteiger partial charge in [-0.05, 0) is 54.3 Å². The Morgan fingerprint density at radius 1 is 1.13 bits per heavy atom. The van der Waals surface area contributed by atoms with Crippen LogP contribution in [0.15, 0.2) is 71.2 Å². The van der Waals surface area contributed by atoms with E-state index < -0.39 is 0 Å². The van der Waals surface area contributed by atoms with Crippen LogP contribution in [0.5, 0.6) is 0 Å². The molecule has 2 aromatic heterocycles. The number of nitrogens with one attached hydrogen (secondary N) is 1. The lowest BCUT2D eigenvalue weighted by molar-refractivity contribution is -0.116. The third kappa shape index (κ3) is 3.68. The number of thiophene rings is 1. The van der Waals surface area contributed by atoms with Gasteiger partial charge in [-0.3, -0.25) is 14.2 Å². The molecule has 6 nitrogen and oxygen atoms in total. The van der Waals surface area contributed by atoms with Gasteiger partial charge in [0, 0.05) is 16.9 Å². The van der Waals surface area contributed by atoms with Crippen molar-refractivity contribution in [1.29, 1.82) is 0 Å². The third-order valence-corrected chi connectivity index (χ3v) is 7.01. The fourth-order valence-corrected chi connectivity index (χ4v) is 5.09. The van der Waals surface area contributed by atoms with Gasteiger partial charge in [0.2, 0.25) is 5.91 Å². The van der Waals surface area contributed by atoms with Crippen molar-refractivity contribution in [3.05, 3.63) is 77.2 Å². The number of anilines is 1. The first kappa shape index (κ1) is 19.7. The van der Waals surface area contributed by atoms with Crippen LogP contribution in [0, 0.1) is 0 Å². The van der Waals surface area contributed by atoms with E-state index in [1.54, 1.807) is 23.5 Å². The van der Waals surface area contributed by atoms with Crippen LogP contribution in [-0.2, 0) is 4.79 Å². The second-order valence-corrected chi connectivity index (χ2v) is 9.07. The molecular weight excluding hydrogens is 428 g/mol. The Bertz CT molecular complexity index is 1270. The highest BCUT2D eigenvalue weighted by molar-refractivity contribution is 7.99. The molecule has 0 bridgehead atoms. The predicted octanol–water partition coefficient (Wildman–Crippen LogP) is 5.03. The van der Waals surface area contributed by atoms with Gasteiger partial charge in [-0.15, -0.1) is 21.5 Å². The molecule has 0 fully saturated rings. The Labute approximate surface area is 187 Å². The summed E-state index contributed by atoms with van der Waals surface area (Å²) in [5.74, 6) is 0.687. The first-order valence-corrected chi connectivity index (χ1v) is 11.6. The third-order valence-electron chi connectivity index (χ3n) is 5.21. The molecule has 2 aromatic carbocycles. The van der Waals surface area contributed by atoms with E-state index in [-0.39, 0.29) is 23.4 Å². The number of fused-ring (bicyclic) bond motifs is 1. The van der Waals surface area contributed by atoms with Crippen LogP contribution in [0.4, 0.5) is 5.69 Å². The zero-order chi connectivity index (χ0) is 21.4. The number of nitrogens with zero attached hydrogens (tertiary/aromatic N) is 3. The van der Waals surface area contributed by atoms with Gasteiger partial charge in [0.15, 0.2) is 16.8 Å². The second-order valence-electron chi connectivity index (χ2n) is 7.18. The maximum absolute atomic E-state index is 12.9. The molecule has 1 aliphatic rings. The lowest BCUT2D eigenvalue weighted by Crippen LogP contribution is -2.08. The maximum atomic E-state index is 12.9. The van der Waals surface area contributed by atoms with E-state index in [4.69, 9.17) is 0 Å². The van der Waals surface area contributed by atoms with Crippen molar-refractivity contribution in [2.24, 2.45) is 0 Å². The van der Waals surface area contributed by atoms with E-state index in [0.717, 1.165) is 27.6 Å². The molecule has 154 valence electrons. The second kappa shape index (κ2) is 8.13. The zero-order valence-corrected chi connectivity index (χ0v) is 18.2. The minimum atomic E-state index is -0.245. The highest BCUT2D eigenvalue weighted by atomic mass is 32.2. The maximum Gasteiger partial charge on any atom is 0.231 e. The first-order chi connectivity index (χ1) is 15.1. The summed E-state index contributed by atoms with van der Waals surface area (Å²) in [7, 11) is 0. The molecule has 1 amide bonds. The Morgan fingerprint density at radius 2 is 1.97 bits per heavy atom. The molecular formula is C23H18N4O2S2. The fourth-order valence-electron chi connectivity index (χ4n) is 3.54. The molecule has 31 heavy (non-hydrogen) atoms. The van der Waals surface area contributed by atoms with Crippen molar-refractivity contribution in [1.82, 2.24) is 14.8 Å². The number of aromatic nitrogens is 3. The number of rotatable bonds is 6. The summed E-state index contributed by atoms with van der Waals surface area (Å²) in [4.78, 5) is 25.8. The number of amides is 1. The average molecular weight is 447 g/mol. The molecule has 1 atom stereocenters. The van der Waals surface area contributed by atoms with Crippen molar-refractivity contribution >= 4 is 40.5 Å². The van der Waals surface area contributed by atoms with Crippen LogP contribution in [0.1, 0.15) is 28.8 Å². The van der Waals surface area contributed by atoms with Gasteiger partial charge in [0.05, 0.1) is 16.5 Å². The molecule has 0 spiro atoms. The van der Waals surface area contributed by atoms with Crippen LogP contribution < -0.4 is 5.32 Å². The largest absolute Gasteiger partial charge is 0.325 e. The highest BCUT2D eigenvalue weighted by Gasteiger charge is 2.27. The monoisotopic (exact) mass is 446 g/mol. The van der Waals surface area contributed by atoms with Gasteiger partial charge in [0.25, 0.3) is 0 Å². The van der Waals surface area contributed by atoms with Crippen molar-refractivity contribution in [3.63, 3.8) is 0 Å². The molecule has 0 radical (unpaired) electrons. The van der Waals surface area contributed by atoms with Gasteiger partial charge < -0.3 is 5.32 Å². The molecule has 0 saturated heterocycles. The SMILES string of the molecule is C[C@H]1C(=O)Nc2ccc(C(=O)CSc3nnc(-c4cccs4)n3-c3ccccc3)cc21. The molecule has 8 heteroatoms. The number of benzene rings is 2. The molecule has 1 aliphatic heterocycles. The first-order valence-electron chi connectivity index (χ1n) is 9.77. The van der Waals surface area contributed by atoms with Crippen LogP contribution in [0.2, 0.25) is 0 Å². The number of ketones is 1. The van der Waals surface area contributed by atoms with E-state index in [0.29, 0.717) is 10.7 Å². The average Bonchev–Trinajstić information content (AvgIpc) is 3.52. The molecule has 3 heterocycles.